The molecule has 39 heavy (non-hydrogen) atoms. The Morgan fingerprint density at radius 1 is 0.821 bits per heavy atom. The maximum atomic E-state index is 13.7. The van der Waals surface area contributed by atoms with Gasteiger partial charge in [-0.2, -0.15) is 5.10 Å². The molecule has 1 aromatic heterocycles. The Labute approximate surface area is 240 Å². The molecule has 8 heteroatoms. The zero-order valence-electron chi connectivity index (χ0n) is 20.6. The number of hydrogen-bond donors (Lipinski definition) is 1. The first-order chi connectivity index (χ1) is 19.0. The van der Waals surface area contributed by atoms with Gasteiger partial charge in [0.1, 0.15) is 18.1 Å². The predicted octanol–water partition coefficient (Wildman–Crippen LogP) is 8.36. The third-order valence-corrected chi connectivity index (χ3v) is 7.67. The van der Waals surface area contributed by atoms with Crippen molar-refractivity contribution in [3.05, 3.63) is 140 Å². The lowest BCUT2D eigenvalue weighted by Crippen LogP contribution is -2.29. The molecule has 1 aliphatic rings. The number of nitrogens with one attached hydrogen (secondary N) is 1. The van der Waals surface area contributed by atoms with Crippen molar-refractivity contribution in [1.29, 1.82) is 0 Å². The second-order valence-corrected chi connectivity index (χ2v) is 10.6. The third-order valence-electron chi connectivity index (χ3n) is 6.79. The highest BCUT2D eigenvalue weighted by molar-refractivity contribution is 6.31. The summed E-state index contributed by atoms with van der Waals surface area (Å²) in [5, 5.41) is 9.46. The summed E-state index contributed by atoms with van der Waals surface area (Å²) in [6.45, 7) is 0.768. The fraction of sp³-hybridized carbons (Fsp3) is 0.0968. The van der Waals surface area contributed by atoms with Gasteiger partial charge < -0.3 is 9.64 Å². The monoisotopic (exact) mass is 573 g/mol. The average molecular weight is 575 g/mol. The number of fused-ring (bicyclic) bond motifs is 1. The molecule has 0 spiro atoms. The minimum absolute atomic E-state index is 0.134. The molecule has 1 amide bonds. The van der Waals surface area contributed by atoms with Crippen LogP contribution in [-0.4, -0.2) is 21.0 Å². The molecular weight excluding hydrogens is 553 g/mol. The number of rotatable bonds is 7. The smallest absolute Gasteiger partial charge is 0.273 e. The van der Waals surface area contributed by atoms with E-state index in [4.69, 9.17) is 39.5 Å². The van der Waals surface area contributed by atoms with Gasteiger partial charge in [-0.15, -0.1) is 0 Å². The SMILES string of the molecule is O=C1c2[nH]nc(-c3ccc(Cl)cc3)c2C(c2ccc(OCc3ccc(Cl)cc3)cc2)N1Cc1ccccc1Cl. The fourth-order valence-corrected chi connectivity index (χ4v) is 5.29. The van der Waals surface area contributed by atoms with Crippen molar-refractivity contribution in [2.24, 2.45) is 0 Å². The van der Waals surface area contributed by atoms with Gasteiger partial charge in [0.05, 0.1) is 11.7 Å². The number of halogens is 3. The number of benzene rings is 4. The first-order valence-electron chi connectivity index (χ1n) is 12.3. The van der Waals surface area contributed by atoms with Crippen LogP contribution in [0.4, 0.5) is 0 Å². The largest absolute Gasteiger partial charge is 0.489 e. The molecule has 1 atom stereocenters. The molecule has 1 aliphatic heterocycles. The van der Waals surface area contributed by atoms with E-state index in [0.29, 0.717) is 39.6 Å². The fourth-order valence-electron chi connectivity index (χ4n) is 4.84. The number of carbonyl (C=O) groups excluding carboxylic acids is 1. The van der Waals surface area contributed by atoms with E-state index in [1.807, 2.05) is 102 Å². The number of aromatic nitrogens is 2. The van der Waals surface area contributed by atoms with Crippen LogP contribution in [0.2, 0.25) is 15.1 Å². The van der Waals surface area contributed by atoms with Crippen LogP contribution in [-0.2, 0) is 13.2 Å². The van der Waals surface area contributed by atoms with Gasteiger partial charge in [-0.3, -0.25) is 9.89 Å². The summed E-state index contributed by atoms with van der Waals surface area (Å²) < 4.78 is 6.00. The Bertz CT molecular complexity index is 1630. The van der Waals surface area contributed by atoms with E-state index in [0.717, 1.165) is 33.6 Å². The predicted molar refractivity (Wildman–Crippen MR) is 154 cm³/mol. The molecule has 0 aliphatic carbocycles. The minimum Gasteiger partial charge on any atom is -0.489 e. The number of amides is 1. The van der Waals surface area contributed by atoms with Gasteiger partial charge in [-0.05, 0) is 59.2 Å². The third kappa shape index (κ3) is 5.13. The van der Waals surface area contributed by atoms with Gasteiger partial charge in [-0.1, -0.05) is 89.4 Å². The van der Waals surface area contributed by atoms with E-state index in [2.05, 4.69) is 10.2 Å². The Kier molecular flexibility index (Phi) is 7.05. The summed E-state index contributed by atoms with van der Waals surface area (Å²) in [4.78, 5) is 15.5. The summed E-state index contributed by atoms with van der Waals surface area (Å²) in [5.74, 6) is 0.590. The Morgan fingerprint density at radius 3 is 2.18 bits per heavy atom. The molecule has 6 rings (SSSR count). The second-order valence-electron chi connectivity index (χ2n) is 9.28. The molecule has 0 saturated carbocycles. The van der Waals surface area contributed by atoms with E-state index in [1.165, 1.54) is 0 Å². The second kappa shape index (κ2) is 10.8. The van der Waals surface area contributed by atoms with Gasteiger partial charge in [0.15, 0.2) is 0 Å². The lowest BCUT2D eigenvalue weighted by Gasteiger charge is -2.27. The van der Waals surface area contributed by atoms with Crippen molar-refractivity contribution < 1.29 is 9.53 Å². The van der Waals surface area contributed by atoms with Crippen molar-refractivity contribution in [3.8, 4) is 17.0 Å². The Morgan fingerprint density at radius 2 is 1.49 bits per heavy atom. The lowest BCUT2D eigenvalue weighted by atomic mass is 9.96. The highest BCUT2D eigenvalue weighted by Gasteiger charge is 2.42. The normalized spacial score (nSPS) is 14.5. The lowest BCUT2D eigenvalue weighted by molar-refractivity contribution is 0.0730. The number of ether oxygens (including phenoxy) is 1. The first kappa shape index (κ1) is 25.5. The van der Waals surface area contributed by atoms with Crippen LogP contribution in [0.15, 0.2) is 97.1 Å². The maximum absolute atomic E-state index is 13.7. The molecule has 4 aromatic carbocycles. The number of hydrogen-bond acceptors (Lipinski definition) is 3. The summed E-state index contributed by atoms with van der Waals surface area (Å²) in [6, 6.07) is 30.0. The number of H-pyrrole nitrogens is 1. The topological polar surface area (TPSA) is 58.2 Å². The van der Waals surface area contributed by atoms with Gasteiger partial charge in [0.2, 0.25) is 0 Å². The molecule has 5 nitrogen and oxygen atoms in total. The summed E-state index contributed by atoms with van der Waals surface area (Å²) in [5.41, 5.74) is 5.70. The zero-order chi connectivity index (χ0) is 26.9. The van der Waals surface area contributed by atoms with Crippen molar-refractivity contribution in [3.63, 3.8) is 0 Å². The van der Waals surface area contributed by atoms with Crippen LogP contribution in [0.3, 0.4) is 0 Å². The van der Waals surface area contributed by atoms with Gasteiger partial charge in [-0.25, -0.2) is 0 Å². The van der Waals surface area contributed by atoms with E-state index in [9.17, 15) is 4.79 Å². The highest BCUT2D eigenvalue weighted by Crippen LogP contribution is 2.44. The molecule has 0 saturated heterocycles. The zero-order valence-corrected chi connectivity index (χ0v) is 22.8. The molecule has 1 unspecified atom stereocenters. The van der Waals surface area contributed by atoms with Crippen molar-refractivity contribution in [1.82, 2.24) is 15.1 Å². The van der Waals surface area contributed by atoms with Crippen LogP contribution in [0, 0.1) is 0 Å². The molecule has 194 valence electrons. The van der Waals surface area contributed by atoms with Crippen molar-refractivity contribution >= 4 is 40.7 Å². The first-order valence-corrected chi connectivity index (χ1v) is 13.5. The van der Waals surface area contributed by atoms with Crippen LogP contribution in [0.5, 0.6) is 5.75 Å². The molecular formula is C31H22Cl3N3O2. The van der Waals surface area contributed by atoms with E-state index >= 15 is 0 Å². The van der Waals surface area contributed by atoms with Gasteiger partial charge in [0.25, 0.3) is 5.91 Å². The Balaban J connectivity index is 1.35. The molecule has 0 fully saturated rings. The molecule has 2 heterocycles. The molecule has 0 bridgehead atoms. The average Bonchev–Trinajstić information content (AvgIpc) is 3.49. The van der Waals surface area contributed by atoms with E-state index in [1.54, 1.807) is 0 Å². The number of aromatic amines is 1. The maximum Gasteiger partial charge on any atom is 0.273 e. The molecule has 1 N–H and O–H groups in total. The van der Waals surface area contributed by atoms with E-state index in [-0.39, 0.29) is 11.9 Å². The summed E-state index contributed by atoms with van der Waals surface area (Å²) in [6.07, 6.45) is 0. The summed E-state index contributed by atoms with van der Waals surface area (Å²) in [7, 11) is 0. The van der Waals surface area contributed by atoms with Crippen LogP contribution in [0.1, 0.15) is 38.8 Å². The number of carbonyl (C=O) groups is 1. The minimum atomic E-state index is -0.376. The summed E-state index contributed by atoms with van der Waals surface area (Å²) >= 11 is 18.6. The highest BCUT2D eigenvalue weighted by atomic mass is 35.5. The molecule has 5 aromatic rings. The van der Waals surface area contributed by atoms with Crippen LogP contribution in [0.25, 0.3) is 11.3 Å². The van der Waals surface area contributed by atoms with Crippen molar-refractivity contribution in [2.45, 2.75) is 19.2 Å². The van der Waals surface area contributed by atoms with Crippen molar-refractivity contribution in [2.75, 3.05) is 0 Å². The van der Waals surface area contributed by atoms with Gasteiger partial charge >= 0.3 is 0 Å². The quantitative estimate of drug-likeness (QED) is 0.212. The van der Waals surface area contributed by atoms with Gasteiger partial charge in [0, 0.05) is 32.7 Å². The number of nitrogens with zero attached hydrogens (tertiary/aromatic N) is 2. The molecule has 0 radical (unpaired) electrons. The van der Waals surface area contributed by atoms with Crippen LogP contribution >= 0.6 is 34.8 Å². The Hall–Kier alpha value is -3.77. The standard InChI is InChI=1S/C31H22Cl3N3O2/c32-23-11-5-19(6-12-23)18-39-25-15-9-21(10-16-25)30-27-28(20-7-13-24(33)14-8-20)35-36-29(27)31(38)37(30)17-22-3-1-2-4-26(22)34/h1-16,30H,17-18H2,(H,35,36). The van der Waals surface area contributed by atoms with E-state index < -0.39 is 0 Å². The van der Waals surface area contributed by atoms with Crippen LogP contribution < -0.4 is 4.74 Å².